The predicted molar refractivity (Wildman–Crippen MR) is 73.0 cm³/mol. The van der Waals surface area contributed by atoms with Crippen LogP contribution in [-0.2, 0) is 11.2 Å². The molecule has 0 spiro atoms. The fourth-order valence-corrected chi connectivity index (χ4v) is 2.63. The maximum Gasteiger partial charge on any atom is 0.416 e. The van der Waals surface area contributed by atoms with E-state index in [-0.39, 0.29) is 6.42 Å². The fourth-order valence-electron chi connectivity index (χ4n) is 1.66. The first-order chi connectivity index (χ1) is 9.86. The summed E-state index contributed by atoms with van der Waals surface area (Å²) in [6, 6.07) is 7.51. The molecule has 21 heavy (non-hydrogen) atoms. The van der Waals surface area contributed by atoms with Crippen LogP contribution in [0.15, 0.2) is 24.3 Å². The number of hydrogen-bond donors (Lipinski definition) is 2. The van der Waals surface area contributed by atoms with E-state index < -0.39 is 24.7 Å². The van der Waals surface area contributed by atoms with Crippen molar-refractivity contribution < 1.29 is 23.1 Å². The molecule has 2 rings (SSSR count). The number of amides is 1. The van der Waals surface area contributed by atoms with E-state index in [2.05, 4.69) is 10.3 Å². The van der Waals surface area contributed by atoms with Crippen molar-refractivity contribution in [3.05, 3.63) is 29.3 Å². The molecule has 0 aliphatic heterocycles. The molecule has 1 unspecified atom stereocenters. The average molecular weight is 318 g/mol. The zero-order chi connectivity index (χ0) is 15.5. The highest BCUT2D eigenvalue weighted by molar-refractivity contribution is 7.18. The molecule has 0 saturated heterocycles. The Bertz CT molecular complexity index is 594. The highest BCUT2D eigenvalue weighted by Crippen LogP contribution is 2.22. The summed E-state index contributed by atoms with van der Waals surface area (Å²) in [5.74, 6) is -0.544. The molecule has 0 aliphatic rings. The van der Waals surface area contributed by atoms with E-state index in [4.69, 9.17) is 5.11 Å². The summed E-state index contributed by atoms with van der Waals surface area (Å²) < 4.78 is 37.2. The van der Waals surface area contributed by atoms with Crippen molar-refractivity contribution in [1.29, 1.82) is 0 Å². The number of aromatic nitrogens is 1. The van der Waals surface area contributed by atoms with Crippen LogP contribution in [-0.4, -0.2) is 34.8 Å². The summed E-state index contributed by atoms with van der Waals surface area (Å²) in [5, 5.41) is 11.6. The molecule has 4 nitrogen and oxygen atoms in total. The summed E-state index contributed by atoms with van der Waals surface area (Å²) in [4.78, 5) is 15.8. The van der Waals surface area contributed by atoms with Crippen molar-refractivity contribution in [2.75, 3.05) is 6.54 Å². The minimum atomic E-state index is -4.72. The number of alkyl halides is 3. The monoisotopic (exact) mass is 318 g/mol. The molecule has 1 aromatic carbocycles. The van der Waals surface area contributed by atoms with E-state index in [1.54, 1.807) is 0 Å². The van der Waals surface area contributed by atoms with Gasteiger partial charge in [0.2, 0.25) is 5.91 Å². The zero-order valence-corrected chi connectivity index (χ0v) is 11.7. The molecule has 0 saturated carbocycles. The first kappa shape index (κ1) is 15.7. The van der Waals surface area contributed by atoms with Gasteiger partial charge in [-0.1, -0.05) is 12.1 Å². The Kier molecular flexibility index (Phi) is 4.79. The highest BCUT2D eigenvalue weighted by Gasteiger charge is 2.38. The minimum absolute atomic E-state index is 0.0321. The molecule has 0 fully saturated rings. The zero-order valence-electron chi connectivity index (χ0n) is 10.9. The van der Waals surface area contributed by atoms with Gasteiger partial charge in [-0.3, -0.25) is 4.79 Å². The predicted octanol–water partition coefficient (Wildman–Crippen LogP) is 2.27. The van der Waals surface area contributed by atoms with Gasteiger partial charge >= 0.3 is 6.18 Å². The number of nitrogens with zero attached hydrogens (tertiary/aromatic N) is 1. The molecule has 1 aromatic heterocycles. The topological polar surface area (TPSA) is 62.2 Å². The molecule has 0 bridgehead atoms. The van der Waals surface area contributed by atoms with Gasteiger partial charge in [0.25, 0.3) is 0 Å². The Morgan fingerprint density at radius 1 is 1.38 bits per heavy atom. The van der Waals surface area contributed by atoms with Crippen LogP contribution < -0.4 is 5.32 Å². The molecule has 1 amide bonds. The molecule has 1 atom stereocenters. The van der Waals surface area contributed by atoms with Gasteiger partial charge in [0.1, 0.15) is 0 Å². The van der Waals surface area contributed by atoms with Crippen molar-refractivity contribution in [3.63, 3.8) is 0 Å². The number of halogens is 3. The Labute approximate surface area is 122 Å². The molecule has 8 heteroatoms. The van der Waals surface area contributed by atoms with E-state index in [0.717, 1.165) is 15.2 Å². The van der Waals surface area contributed by atoms with Crippen LogP contribution in [0.5, 0.6) is 0 Å². The lowest BCUT2D eigenvalue weighted by Gasteiger charge is -2.14. The number of thiazole rings is 1. The quantitative estimate of drug-likeness (QED) is 0.889. The summed E-state index contributed by atoms with van der Waals surface area (Å²) in [6.45, 7) is -0.831. The van der Waals surface area contributed by atoms with Crippen LogP contribution >= 0.6 is 11.3 Å². The fraction of sp³-hybridized carbons (Fsp3) is 0.385. The maximum absolute atomic E-state index is 12.1. The first-order valence-electron chi connectivity index (χ1n) is 6.22. The molecular formula is C13H13F3N2O2S. The van der Waals surface area contributed by atoms with E-state index in [9.17, 15) is 18.0 Å². The van der Waals surface area contributed by atoms with Crippen molar-refractivity contribution in [3.8, 4) is 0 Å². The number of rotatable bonds is 5. The van der Waals surface area contributed by atoms with E-state index in [0.29, 0.717) is 6.42 Å². The van der Waals surface area contributed by atoms with Gasteiger partial charge < -0.3 is 10.4 Å². The van der Waals surface area contributed by atoms with E-state index in [1.807, 2.05) is 24.3 Å². The number of hydrogen-bond acceptors (Lipinski definition) is 4. The molecule has 2 aromatic rings. The second kappa shape index (κ2) is 6.40. The Morgan fingerprint density at radius 2 is 2.10 bits per heavy atom. The van der Waals surface area contributed by atoms with Crippen molar-refractivity contribution >= 4 is 27.5 Å². The number of nitrogens with one attached hydrogen (secondary N) is 1. The lowest BCUT2D eigenvalue weighted by molar-refractivity contribution is -0.201. The van der Waals surface area contributed by atoms with Gasteiger partial charge in [0.05, 0.1) is 21.8 Å². The second-order valence-corrected chi connectivity index (χ2v) is 5.55. The molecule has 0 radical (unpaired) electrons. The summed E-state index contributed by atoms with van der Waals surface area (Å²) in [5.41, 5.74) is 0.838. The van der Waals surface area contributed by atoms with Crippen molar-refractivity contribution in [2.24, 2.45) is 0 Å². The smallest absolute Gasteiger partial charge is 0.382 e. The van der Waals surface area contributed by atoms with Crippen LogP contribution in [0, 0.1) is 0 Å². The second-order valence-electron chi connectivity index (χ2n) is 4.44. The Hall–Kier alpha value is -1.67. The number of carbonyl (C=O) groups excluding carboxylic acids is 1. The largest absolute Gasteiger partial charge is 0.416 e. The van der Waals surface area contributed by atoms with Gasteiger partial charge in [-0.05, 0) is 12.1 Å². The van der Waals surface area contributed by atoms with E-state index in [1.165, 1.54) is 11.3 Å². The van der Waals surface area contributed by atoms with Gasteiger partial charge in [-0.15, -0.1) is 11.3 Å². The molecular weight excluding hydrogens is 305 g/mol. The van der Waals surface area contributed by atoms with Crippen molar-refractivity contribution in [2.45, 2.75) is 25.1 Å². The third kappa shape index (κ3) is 4.40. The molecule has 0 aliphatic carbocycles. The van der Waals surface area contributed by atoms with Gasteiger partial charge in [-0.2, -0.15) is 13.2 Å². The van der Waals surface area contributed by atoms with Crippen LogP contribution in [0.2, 0.25) is 0 Å². The maximum atomic E-state index is 12.1. The third-order valence-electron chi connectivity index (χ3n) is 2.77. The summed E-state index contributed by atoms with van der Waals surface area (Å²) >= 11 is 1.45. The highest BCUT2D eigenvalue weighted by atomic mass is 32.1. The Morgan fingerprint density at radius 3 is 2.76 bits per heavy atom. The average Bonchev–Trinajstić information content (AvgIpc) is 2.84. The van der Waals surface area contributed by atoms with Gasteiger partial charge in [0.15, 0.2) is 6.10 Å². The molecule has 2 N–H and O–H groups in total. The number of para-hydroxylation sites is 1. The van der Waals surface area contributed by atoms with Crippen LogP contribution in [0.3, 0.4) is 0 Å². The standard InChI is InChI=1S/C13H13F3N2O2S/c14-13(15,16)10(19)7-17-11(20)5-6-12-18-8-3-1-2-4-9(8)21-12/h1-4,10,19H,5-7H2,(H,17,20). The third-order valence-corrected chi connectivity index (χ3v) is 3.87. The Balaban J connectivity index is 1.81. The van der Waals surface area contributed by atoms with Crippen LogP contribution in [0.4, 0.5) is 13.2 Å². The van der Waals surface area contributed by atoms with E-state index >= 15 is 0 Å². The number of aliphatic hydroxyl groups is 1. The molecule has 114 valence electrons. The minimum Gasteiger partial charge on any atom is -0.382 e. The lowest BCUT2D eigenvalue weighted by Crippen LogP contribution is -2.40. The lowest BCUT2D eigenvalue weighted by atomic mass is 10.3. The first-order valence-corrected chi connectivity index (χ1v) is 7.04. The number of aliphatic hydroxyl groups excluding tert-OH is 1. The molecule has 1 heterocycles. The number of carbonyl (C=O) groups is 1. The summed E-state index contributed by atoms with van der Waals surface area (Å²) in [6.07, 6.45) is -6.87. The number of fused-ring (bicyclic) bond motifs is 1. The normalized spacial score (nSPS) is 13.3. The van der Waals surface area contributed by atoms with Crippen LogP contribution in [0.1, 0.15) is 11.4 Å². The number of aryl methyl sites for hydroxylation is 1. The SMILES string of the molecule is O=C(CCc1nc2ccccc2s1)NCC(O)C(F)(F)F. The summed E-state index contributed by atoms with van der Waals surface area (Å²) in [7, 11) is 0. The van der Waals surface area contributed by atoms with Crippen LogP contribution in [0.25, 0.3) is 10.2 Å². The van der Waals surface area contributed by atoms with Crippen molar-refractivity contribution in [1.82, 2.24) is 10.3 Å². The number of benzene rings is 1. The van der Waals surface area contributed by atoms with Gasteiger partial charge in [0, 0.05) is 12.8 Å². The van der Waals surface area contributed by atoms with Gasteiger partial charge in [-0.25, -0.2) is 4.98 Å².